The Hall–Kier alpha value is -2.28. The van der Waals surface area contributed by atoms with E-state index < -0.39 is 0 Å². The van der Waals surface area contributed by atoms with Gasteiger partial charge in [-0.15, -0.1) is 0 Å². The molecule has 0 saturated carbocycles. The first-order valence-electron chi connectivity index (χ1n) is 6.47. The van der Waals surface area contributed by atoms with Crippen LogP contribution in [0.2, 0.25) is 5.02 Å². The minimum Gasteiger partial charge on any atom is -0.322 e. The van der Waals surface area contributed by atoms with Crippen molar-refractivity contribution in [2.45, 2.75) is 6.92 Å². The summed E-state index contributed by atoms with van der Waals surface area (Å²) >= 11 is 6.06. The minimum atomic E-state index is -0.225. The molecule has 2 aromatic carbocycles. The van der Waals surface area contributed by atoms with Crippen LogP contribution in [0.5, 0.6) is 0 Å². The lowest BCUT2D eigenvalue weighted by Crippen LogP contribution is -2.13. The highest BCUT2D eigenvalue weighted by Gasteiger charge is 2.10. The van der Waals surface area contributed by atoms with Gasteiger partial charge in [-0.2, -0.15) is 0 Å². The number of hydrogen-bond acceptors (Lipinski definition) is 2. The van der Waals surface area contributed by atoms with Gasteiger partial charge in [0.1, 0.15) is 0 Å². The molecule has 3 N–H and O–H groups in total. The van der Waals surface area contributed by atoms with E-state index in [0.29, 0.717) is 21.8 Å². The molecule has 0 bridgehead atoms. The Balaban J connectivity index is 2.26. The zero-order valence-corrected chi connectivity index (χ0v) is 12.4. The molecule has 0 radical (unpaired) electrons. The number of rotatable bonds is 2. The lowest BCUT2D eigenvalue weighted by molar-refractivity contribution is 0.102. The van der Waals surface area contributed by atoms with Crippen LogP contribution < -0.4 is 11.1 Å². The van der Waals surface area contributed by atoms with Crippen molar-refractivity contribution in [2.75, 3.05) is 11.9 Å². The molecule has 0 atom stereocenters. The average Bonchev–Trinajstić information content (AvgIpc) is 2.49. The molecule has 0 aliphatic carbocycles. The zero-order chi connectivity index (χ0) is 15.2. The summed E-state index contributed by atoms with van der Waals surface area (Å²) in [7, 11) is 0. The number of nitrogens with two attached hydrogens (primary N) is 1. The highest BCUT2D eigenvalue weighted by Crippen LogP contribution is 2.20. The highest BCUT2D eigenvalue weighted by atomic mass is 35.5. The Labute approximate surface area is 129 Å². The molecule has 21 heavy (non-hydrogen) atoms. The number of carbonyl (C=O) groups excluding carboxylic acids is 1. The van der Waals surface area contributed by atoms with Crippen LogP contribution >= 0.6 is 11.6 Å². The molecule has 0 aliphatic heterocycles. The van der Waals surface area contributed by atoms with Crippen LogP contribution in [0.25, 0.3) is 0 Å². The monoisotopic (exact) mass is 298 g/mol. The second-order valence-electron chi connectivity index (χ2n) is 4.47. The molecule has 0 spiro atoms. The molecular weight excluding hydrogens is 284 g/mol. The third-order valence-corrected chi connectivity index (χ3v) is 3.33. The van der Waals surface area contributed by atoms with E-state index in [-0.39, 0.29) is 12.5 Å². The second-order valence-corrected chi connectivity index (χ2v) is 4.88. The van der Waals surface area contributed by atoms with Gasteiger partial charge in [0.2, 0.25) is 0 Å². The molecule has 4 heteroatoms. The molecule has 1 amide bonds. The molecule has 0 aliphatic rings. The minimum absolute atomic E-state index is 0.225. The van der Waals surface area contributed by atoms with Crippen molar-refractivity contribution in [1.82, 2.24) is 0 Å². The topological polar surface area (TPSA) is 55.1 Å². The van der Waals surface area contributed by atoms with E-state index in [4.69, 9.17) is 17.3 Å². The van der Waals surface area contributed by atoms with Crippen molar-refractivity contribution in [3.8, 4) is 11.8 Å². The lowest BCUT2D eigenvalue weighted by atomic mass is 10.1. The maximum Gasteiger partial charge on any atom is 0.256 e. The van der Waals surface area contributed by atoms with Crippen LogP contribution in [0.1, 0.15) is 21.5 Å². The molecule has 0 saturated heterocycles. The number of benzene rings is 2. The molecule has 3 nitrogen and oxygen atoms in total. The van der Waals surface area contributed by atoms with Crippen molar-refractivity contribution >= 4 is 23.2 Å². The standard InChI is InChI=1S/C17H15ClN2O/c1-12-8-9-14(11-16(12)18)20-17(21)15-7-3-2-5-13(15)6-4-10-19/h2-3,5,7-9,11H,10,19H2,1H3,(H,20,21). The van der Waals surface area contributed by atoms with E-state index in [9.17, 15) is 4.79 Å². The van der Waals surface area contributed by atoms with Gasteiger partial charge in [0, 0.05) is 16.3 Å². The van der Waals surface area contributed by atoms with Crippen molar-refractivity contribution in [3.63, 3.8) is 0 Å². The summed E-state index contributed by atoms with van der Waals surface area (Å²) in [4.78, 5) is 12.3. The fourth-order valence-electron chi connectivity index (χ4n) is 1.81. The highest BCUT2D eigenvalue weighted by molar-refractivity contribution is 6.31. The Morgan fingerprint density at radius 1 is 1.29 bits per heavy atom. The summed E-state index contributed by atoms with van der Waals surface area (Å²) in [6.07, 6.45) is 0. The number of nitrogens with one attached hydrogen (secondary N) is 1. The van der Waals surface area contributed by atoms with Gasteiger partial charge in [0.25, 0.3) is 5.91 Å². The summed E-state index contributed by atoms with van der Waals surface area (Å²) in [5.74, 6) is 5.43. The van der Waals surface area contributed by atoms with Crippen LogP contribution in [0.3, 0.4) is 0 Å². The van der Waals surface area contributed by atoms with Gasteiger partial charge < -0.3 is 11.1 Å². The van der Waals surface area contributed by atoms with Crippen LogP contribution in [-0.2, 0) is 0 Å². The fourth-order valence-corrected chi connectivity index (χ4v) is 1.99. The molecule has 0 fully saturated rings. The number of anilines is 1. The summed E-state index contributed by atoms with van der Waals surface area (Å²) < 4.78 is 0. The van der Waals surface area contributed by atoms with Crippen LogP contribution in [0, 0.1) is 18.8 Å². The predicted octanol–water partition coefficient (Wildman–Crippen LogP) is 3.21. The van der Waals surface area contributed by atoms with Crippen molar-refractivity contribution < 1.29 is 4.79 Å². The van der Waals surface area contributed by atoms with Gasteiger partial charge in [-0.05, 0) is 36.8 Å². The average molecular weight is 299 g/mol. The smallest absolute Gasteiger partial charge is 0.256 e. The SMILES string of the molecule is Cc1ccc(NC(=O)c2ccccc2C#CCN)cc1Cl. The molecule has 2 aromatic rings. The number of halogens is 1. The van der Waals surface area contributed by atoms with Crippen molar-refractivity contribution in [2.24, 2.45) is 5.73 Å². The van der Waals surface area contributed by atoms with E-state index in [1.165, 1.54) is 0 Å². The Kier molecular flexibility index (Phi) is 4.99. The first-order valence-corrected chi connectivity index (χ1v) is 6.85. The first-order chi connectivity index (χ1) is 10.1. The lowest BCUT2D eigenvalue weighted by Gasteiger charge is -2.08. The molecule has 0 unspecified atom stereocenters. The van der Waals surface area contributed by atoms with E-state index in [0.717, 1.165) is 5.56 Å². The van der Waals surface area contributed by atoms with E-state index >= 15 is 0 Å². The summed E-state index contributed by atoms with van der Waals surface area (Å²) in [6, 6.07) is 12.5. The summed E-state index contributed by atoms with van der Waals surface area (Å²) in [5.41, 5.74) is 8.14. The van der Waals surface area contributed by atoms with Gasteiger partial charge in [-0.25, -0.2) is 0 Å². The number of hydrogen-bond donors (Lipinski definition) is 2. The van der Waals surface area contributed by atoms with Gasteiger partial charge >= 0.3 is 0 Å². The predicted molar refractivity (Wildman–Crippen MR) is 86.5 cm³/mol. The largest absolute Gasteiger partial charge is 0.322 e. The quantitative estimate of drug-likeness (QED) is 0.837. The van der Waals surface area contributed by atoms with Crippen LogP contribution in [0.4, 0.5) is 5.69 Å². The normalized spacial score (nSPS) is 9.67. The number of aryl methyl sites for hydroxylation is 1. The molecule has 2 rings (SSSR count). The Bertz CT molecular complexity index is 729. The third-order valence-electron chi connectivity index (χ3n) is 2.93. The van der Waals surface area contributed by atoms with Crippen LogP contribution in [0.15, 0.2) is 42.5 Å². The summed E-state index contributed by atoms with van der Waals surface area (Å²) in [6.45, 7) is 2.16. The number of amides is 1. The Morgan fingerprint density at radius 2 is 2.05 bits per heavy atom. The molecular formula is C17H15ClN2O. The first kappa shape index (κ1) is 15.1. The fraction of sp³-hybridized carbons (Fsp3) is 0.118. The maximum atomic E-state index is 12.3. The van der Waals surface area contributed by atoms with E-state index in [2.05, 4.69) is 17.2 Å². The van der Waals surface area contributed by atoms with Gasteiger partial charge in [0.05, 0.1) is 12.1 Å². The molecule has 0 aromatic heterocycles. The number of carbonyl (C=O) groups is 1. The van der Waals surface area contributed by atoms with E-state index in [1.807, 2.05) is 25.1 Å². The molecule has 106 valence electrons. The van der Waals surface area contributed by atoms with Crippen molar-refractivity contribution in [3.05, 3.63) is 64.2 Å². The third kappa shape index (κ3) is 3.85. The van der Waals surface area contributed by atoms with Gasteiger partial charge in [-0.1, -0.05) is 41.6 Å². The van der Waals surface area contributed by atoms with Gasteiger partial charge in [0.15, 0.2) is 0 Å². The van der Waals surface area contributed by atoms with Crippen molar-refractivity contribution in [1.29, 1.82) is 0 Å². The summed E-state index contributed by atoms with van der Waals surface area (Å²) in [5, 5.41) is 3.44. The Morgan fingerprint density at radius 3 is 2.76 bits per heavy atom. The zero-order valence-electron chi connectivity index (χ0n) is 11.6. The van der Waals surface area contributed by atoms with Crippen LogP contribution in [-0.4, -0.2) is 12.5 Å². The maximum absolute atomic E-state index is 12.3. The molecule has 0 heterocycles. The second kappa shape index (κ2) is 6.94. The van der Waals surface area contributed by atoms with Gasteiger partial charge in [-0.3, -0.25) is 4.79 Å². The van der Waals surface area contributed by atoms with E-state index in [1.54, 1.807) is 24.3 Å².